The number of benzene rings is 1. The normalized spacial score (nSPS) is 35.8. The summed E-state index contributed by atoms with van der Waals surface area (Å²) in [6.07, 6.45) is 7.79. The fourth-order valence-corrected chi connectivity index (χ4v) is 7.75. The zero-order chi connectivity index (χ0) is 20.3. The van der Waals surface area contributed by atoms with Gasteiger partial charge in [-0.25, -0.2) is 0 Å². The van der Waals surface area contributed by atoms with Crippen LogP contribution in [-0.2, 0) is 16.7 Å². The summed E-state index contributed by atoms with van der Waals surface area (Å²) >= 11 is 0. The van der Waals surface area contributed by atoms with Crippen LogP contribution in [0.15, 0.2) is 18.2 Å². The molecule has 0 radical (unpaired) electrons. The van der Waals surface area contributed by atoms with Crippen molar-refractivity contribution in [1.82, 2.24) is 25.1 Å². The second kappa shape index (κ2) is 7.13. The van der Waals surface area contributed by atoms with E-state index in [4.69, 9.17) is 9.84 Å². The predicted molar refractivity (Wildman–Crippen MR) is 114 cm³/mol. The van der Waals surface area contributed by atoms with E-state index in [0.29, 0.717) is 11.8 Å². The van der Waals surface area contributed by atoms with Gasteiger partial charge in [-0.05, 0) is 90.7 Å². The van der Waals surface area contributed by atoms with Crippen LogP contribution in [0.4, 0.5) is 0 Å². The molecule has 4 saturated carbocycles. The Morgan fingerprint density at radius 3 is 2.40 bits per heavy atom. The summed E-state index contributed by atoms with van der Waals surface area (Å²) in [5.41, 5.74) is 3.73. The minimum atomic E-state index is -0.0476. The first-order valence-electron chi connectivity index (χ1n) is 11.9. The number of aryl methyl sites for hydroxylation is 2. The molecule has 7 rings (SSSR count). The first-order chi connectivity index (χ1) is 14.7. The summed E-state index contributed by atoms with van der Waals surface area (Å²) < 4.78 is 7.91. The highest BCUT2D eigenvalue weighted by Gasteiger charge is 2.63. The lowest BCUT2D eigenvalue weighted by Gasteiger charge is -2.64. The zero-order valence-electron chi connectivity index (χ0n) is 18.3. The lowest BCUT2D eigenvalue weighted by Crippen LogP contribution is -2.66. The van der Waals surface area contributed by atoms with Crippen LogP contribution in [0.2, 0.25) is 0 Å². The lowest BCUT2D eigenvalue weighted by molar-refractivity contribution is -0.166. The zero-order valence-corrected chi connectivity index (χ0v) is 18.3. The molecule has 4 aliphatic carbocycles. The molecule has 5 aliphatic rings. The Kier molecular flexibility index (Phi) is 4.50. The molecule has 0 unspecified atom stereocenters. The van der Waals surface area contributed by atoms with Crippen molar-refractivity contribution in [1.29, 1.82) is 0 Å². The number of morpholine rings is 1. The lowest BCUT2D eigenvalue weighted by atomic mass is 9.47. The van der Waals surface area contributed by atoms with Crippen molar-refractivity contribution in [3.63, 3.8) is 0 Å². The Morgan fingerprint density at radius 1 is 1.03 bits per heavy atom. The number of nitrogens with zero attached hydrogens (tertiary/aromatic N) is 5. The quantitative estimate of drug-likeness (QED) is 0.776. The minimum absolute atomic E-state index is 0.0476. The largest absolute Gasteiger partial charge is 0.379 e. The molecule has 1 aliphatic heterocycles. The SMILES string of the molecule is CCc1cccc(C)c1-n1nnnc1C1(N2CCOCC2)C2CC3CC(C2)CC1C3. The van der Waals surface area contributed by atoms with E-state index in [1.54, 1.807) is 0 Å². The van der Waals surface area contributed by atoms with Crippen LogP contribution in [0.5, 0.6) is 0 Å². The average molecular weight is 408 g/mol. The average Bonchev–Trinajstić information content (AvgIpc) is 3.23. The maximum Gasteiger partial charge on any atom is 0.177 e. The van der Waals surface area contributed by atoms with Crippen molar-refractivity contribution in [2.75, 3.05) is 26.3 Å². The van der Waals surface area contributed by atoms with Crippen molar-refractivity contribution >= 4 is 0 Å². The molecule has 4 bridgehead atoms. The van der Waals surface area contributed by atoms with Gasteiger partial charge in [0.2, 0.25) is 0 Å². The molecule has 2 aromatic rings. The molecule has 1 saturated heterocycles. The number of tetrazole rings is 1. The van der Waals surface area contributed by atoms with E-state index >= 15 is 0 Å². The molecule has 160 valence electrons. The van der Waals surface area contributed by atoms with Gasteiger partial charge in [-0.2, -0.15) is 4.68 Å². The second-order valence-electron chi connectivity index (χ2n) is 10.1. The van der Waals surface area contributed by atoms with Crippen LogP contribution in [0.1, 0.15) is 56.0 Å². The third kappa shape index (κ3) is 2.59. The van der Waals surface area contributed by atoms with Crippen LogP contribution in [-0.4, -0.2) is 51.4 Å². The number of para-hydroxylation sites is 1. The van der Waals surface area contributed by atoms with Crippen LogP contribution in [0, 0.1) is 30.6 Å². The molecular formula is C24H33N5O. The van der Waals surface area contributed by atoms with E-state index < -0.39 is 0 Å². The smallest absolute Gasteiger partial charge is 0.177 e. The molecule has 1 aromatic heterocycles. The summed E-state index contributed by atoms with van der Waals surface area (Å²) in [5, 5.41) is 13.7. The molecule has 6 nitrogen and oxygen atoms in total. The number of hydrogen-bond donors (Lipinski definition) is 0. The van der Waals surface area contributed by atoms with E-state index in [0.717, 1.165) is 50.4 Å². The standard InChI is InChI=1S/C24H33N5O/c1-3-19-6-4-5-16(2)22(19)29-23(25-26-27-29)24(28-7-9-30-10-8-28)20-12-17-11-18(14-20)15-21(24)13-17/h4-6,17-18,20-21H,3,7-15H2,1-2H3. The van der Waals surface area contributed by atoms with E-state index in [-0.39, 0.29) is 5.54 Å². The van der Waals surface area contributed by atoms with E-state index in [1.165, 1.54) is 48.9 Å². The molecule has 5 fully saturated rings. The van der Waals surface area contributed by atoms with Crippen molar-refractivity contribution in [3.05, 3.63) is 35.2 Å². The van der Waals surface area contributed by atoms with Gasteiger partial charge in [0, 0.05) is 13.1 Å². The van der Waals surface area contributed by atoms with Gasteiger partial charge in [-0.15, -0.1) is 5.10 Å². The van der Waals surface area contributed by atoms with Crippen molar-refractivity contribution in [2.24, 2.45) is 23.7 Å². The summed E-state index contributed by atoms with van der Waals surface area (Å²) in [7, 11) is 0. The number of aromatic nitrogens is 4. The maximum atomic E-state index is 5.78. The fraction of sp³-hybridized carbons (Fsp3) is 0.708. The van der Waals surface area contributed by atoms with Crippen LogP contribution >= 0.6 is 0 Å². The van der Waals surface area contributed by atoms with Gasteiger partial charge in [-0.3, -0.25) is 4.90 Å². The van der Waals surface area contributed by atoms with E-state index in [2.05, 4.69) is 52.1 Å². The number of rotatable bonds is 4. The fourth-order valence-electron chi connectivity index (χ4n) is 7.75. The highest BCUT2D eigenvalue weighted by Crippen LogP contribution is 2.63. The second-order valence-corrected chi connectivity index (χ2v) is 10.1. The summed E-state index contributed by atoms with van der Waals surface area (Å²) in [6.45, 7) is 8.04. The first kappa shape index (κ1) is 18.9. The Labute approximate surface area is 179 Å². The summed E-state index contributed by atoms with van der Waals surface area (Å²) in [6, 6.07) is 6.58. The molecule has 0 N–H and O–H groups in total. The van der Waals surface area contributed by atoms with Crippen LogP contribution in [0.25, 0.3) is 5.69 Å². The van der Waals surface area contributed by atoms with Gasteiger partial charge >= 0.3 is 0 Å². The maximum absolute atomic E-state index is 5.78. The van der Waals surface area contributed by atoms with Crippen LogP contribution in [0.3, 0.4) is 0 Å². The molecule has 0 amide bonds. The Bertz CT molecular complexity index is 898. The third-order valence-electron chi connectivity index (χ3n) is 8.66. The highest BCUT2D eigenvalue weighted by atomic mass is 16.5. The Morgan fingerprint density at radius 2 is 1.73 bits per heavy atom. The van der Waals surface area contributed by atoms with E-state index in [9.17, 15) is 0 Å². The molecule has 30 heavy (non-hydrogen) atoms. The van der Waals surface area contributed by atoms with Gasteiger partial charge in [0.05, 0.1) is 24.4 Å². The predicted octanol–water partition coefficient (Wildman–Crippen LogP) is 3.52. The van der Waals surface area contributed by atoms with Crippen molar-refractivity contribution in [3.8, 4) is 5.69 Å². The van der Waals surface area contributed by atoms with E-state index in [1.807, 2.05) is 0 Å². The monoisotopic (exact) mass is 407 g/mol. The number of hydrogen-bond acceptors (Lipinski definition) is 5. The molecule has 2 heterocycles. The Hall–Kier alpha value is -1.79. The summed E-state index contributed by atoms with van der Waals surface area (Å²) in [5.74, 6) is 4.24. The van der Waals surface area contributed by atoms with Gasteiger partial charge < -0.3 is 4.74 Å². The molecule has 0 atom stereocenters. The molecular weight excluding hydrogens is 374 g/mol. The highest BCUT2D eigenvalue weighted by molar-refractivity contribution is 5.48. The van der Waals surface area contributed by atoms with Gasteiger partial charge in [0.1, 0.15) is 0 Å². The van der Waals surface area contributed by atoms with Gasteiger partial charge in [0.15, 0.2) is 5.82 Å². The van der Waals surface area contributed by atoms with Crippen molar-refractivity contribution in [2.45, 2.75) is 57.9 Å². The summed E-state index contributed by atoms with van der Waals surface area (Å²) in [4.78, 5) is 2.73. The third-order valence-corrected chi connectivity index (χ3v) is 8.66. The first-order valence-corrected chi connectivity index (χ1v) is 11.9. The van der Waals surface area contributed by atoms with Crippen LogP contribution < -0.4 is 0 Å². The minimum Gasteiger partial charge on any atom is -0.379 e. The van der Waals surface area contributed by atoms with Gasteiger partial charge in [-0.1, -0.05) is 25.1 Å². The molecule has 0 spiro atoms. The topological polar surface area (TPSA) is 56.1 Å². The number of ether oxygens (including phenoxy) is 1. The van der Waals surface area contributed by atoms with Gasteiger partial charge in [0.25, 0.3) is 0 Å². The Balaban J connectivity index is 1.55. The molecule has 6 heteroatoms. The molecule has 1 aromatic carbocycles. The van der Waals surface area contributed by atoms with Crippen molar-refractivity contribution < 1.29 is 4.74 Å².